The van der Waals surface area contributed by atoms with Crippen molar-refractivity contribution in [2.24, 2.45) is 5.73 Å². The highest BCUT2D eigenvalue weighted by molar-refractivity contribution is 7.14. The third-order valence-corrected chi connectivity index (χ3v) is 4.41. The quantitative estimate of drug-likeness (QED) is 0.712. The Kier molecular flexibility index (Phi) is 5.46. The number of methoxy groups -OCH3 is 1. The van der Waals surface area contributed by atoms with E-state index in [9.17, 15) is 14.4 Å². The summed E-state index contributed by atoms with van der Waals surface area (Å²) in [6, 6.07) is 4.40. The molecule has 0 spiro atoms. The summed E-state index contributed by atoms with van der Waals surface area (Å²) >= 11 is 1.14. The fourth-order valence-corrected chi connectivity index (χ4v) is 3.18. The van der Waals surface area contributed by atoms with Crippen LogP contribution in [0, 0.1) is 0 Å². The van der Waals surface area contributed by atoms with Crippen LogP contribution < -0.4 is 25.3 Å². The average molecular weight is 392 g/mol. The van der Waals surface area contributed by atoms with Crippen molar-refractivity contribution >= 4 is 34.1 Å². The van der Waals surface area contributed by atoms with Crippen LogP contribution in [0.1, 0.15) is 20.7 Å². The minimum atomic E-state index is -0.735. The molecule has 0 bridgehead atoms. The summed E-state index contributed by atoms with van der Waals surface area (Å²) in [4.78, 5) is 35.5. The van der Waals surface area contributed by atoms with Gasteiger partial charge in [-0.05, 0) is 23.6 Å². The number of carbonyl (C=O) groups is 3. The highest BCUT2D eigenvalue weighted by atomic mass is 32.1. The number of anilines is 1. The summed E-state index contributed by atoms with van der Waals surface area (Å²) in [6.45, 7) is 0.190. The second-order valence-electron chi connectivity index (χ2n) is 5.35. The molecule has 0 radical (unpaired) electrons. The van der Waals surface area contributed by atoms with Gasteiger partial charge in [0.15, 0.2) is 18.1 Å². The molecule has 9 nitrogen and oxygen atoms in total. The van der Waals surface area contributed by atoms with Gasteiger partial charge in [0.1, 0.15) is 18.2 Å². The summed E-state index contributed by atoms with van der Waals surface area (Å²) in [7, 11) is 1.44. The van der Waals surface area contributed by atoms with Crippen LogP contribution in [0.5, 0.6) is 17.2 Å². The lowest BCUT2D eigenvalue weighted by Crippen LogP contribution is -2.22. The van der Waals surface area contributed by atoms with E-state index < -0.39 is 24.4 Å². The van der Waals surface area contributed by atoms with E-state index in [1.54, 1.807) is 5.38 Å². The van der Waals surface area contributed by atoms with Crippen molar-refractivity contribution in [3.8, 4) is 17.2 Å². The molecule has 1 aromatic carbocycles. The van der Waals surface area contributed by atoms with Crippen LogP contribution in [-0.4, -0.2) is 44.7 Å². The van der Waals surface area contributed by atoms with E-state index in [1.807, 2.05) is 0 Å². The van der Waals surface area contributed by atoms with E-state index in [2.05, 4.69) is 5.32 Å². The van der Waals surface area contributed by atoms with Crippen molar-refractivity contribution in [2.45, 2.75) is 0 Å². The van der Waals surface area contributed by atoms with Crippen molar-refractivity contribution in [3.63, 3.8) is 0 Å². The lowest BCUT2D eigenvalue weighted by molar-refractivity contribution is -0.119. The molecule has 0 fully saturated rings. The van der Waals surface area contributed by atoms with Crippen LogP contribution in [0.15, 0.2) is 23.6 Å². The van der Waals surface area contributed by atoms with Crippen LogP contribution in [-0.2, 0) is 9.53 Å². The van der Waals surface area contributed by atoms with Gasteiger partial charge in [-0.1, -0.05) is 0 Å². The Hall–Kier alpha value is -3.27. The molecule has 1 aliphatic rings. The summed E-state index contributed by atoms with van der Waals surface area (Å²) in [5, 5.41) is 4.39. The average Bonchev–Trinajstić information content (AvgIpc) is 3.13. The van der Waals surface area contributed by atoms with Gasteiger partial charge < -0.3 is 30.0 Å². The van der Waals surface area contributed by atoms with Crippen molar-refractivity contribution in [2.75, 3.05) is 32.2 Å². The summed E-state index contributed by atoms with van der Waals surface area (Å²) in [6.07, 6.45) is 0. The Morgan fingerprint density at radius 3 is 2.78 bits per heavy atom. The number of fused-ring (bicyclic) bond motifs is 1. The first-order valence-corrected chi connectivity index (χ1v) is 8.69. The number of benzene rings is 1. The van der Waals surface area contributed by atoms with Crippen LogP contribution in [0.25, 0.3) is 0 Å². The second kappa shape index (κ2) is 7.96. The summed E-state index contributed by atoms with van der Waals surface area (Å²) in [5.74, 6) is -0.892. The van der Waals surface area contributed by atoms with E-state index in [1.165, 1.54) is 25.3 Å². The third kappa shape index (κ3) is 4.11. The highest BCUT2D eigenvalue weighted by Gasteiger charge is 2.22. The minimum absolute atomic E-state index is 0.151. The SMILES string of the molecule is COc1cc(C(=O)OCC(=O)Nc2sccc2C(N)=O)cc2c1OCCO2. The molecule has 10 heteroatoms. The molecule has 0 atom stereocenters. The minimum Gasteiger partial charge on any atom is -0.493 e. The van der Waals surface area contributed by atoms with Gasteiger partial charge in [0.05, 0.1) is 18.2 Å². The summed E-state index contributed by atoms with van der Waals surface area (Å²) in [5.41, 5.74) is 5.55. The maximum absolute atomic E-state index is 12.3. The molecule has 3 rings (SSSR count). The van der Waals surface area contributed by atoms with Crippen LogP contribution in [0.4, 0.5) is 5.00 Å². The number of nitrogens with two attached hydrogens (primary N) is 1. The van der Waals surface area contributed by atoms with E-state index in [0.29, 0.717) is 35.5 Å². The topological polar surface area (TPSA) is 126 Å². The van der Waals surface area contributed by atoms with Crippen molar-refractivity contribution < 1.29 is 33.3 Å². The fourth-order valence-electron chi connectivity index (χ4n) is 2.37. The van der Waals surface area contributed by atoms with Gasteiger partial charge in [0.2, 0.25) is 5.75 Å². The number of esters is 1. The lowest BCUT2D eigenvalue weighted by atomic mass is 10.1. The maximum Gasteiger partial charge on any atom is 0.338 e. The van der Waals surface area contributed by atoms with Gasteiger partial charge in [0.25, 0.3) is 11.8 Å². The monoisotopic (exact) mass is 392 g/mol. The number of carbonyl (C=O) groups excluding carboxylic acids is 3. The fraction of sp³-hybridized carbons (Fsp3) is 0.235. The second-order valence-corrected chi connectivity index (χ2v) is 6.27. The van der Waals surface area contributed by atoms with Gasteiger partial charge in [-0.3, -0.25) is 9.59 Å². The van der Waals surface area contributed by atoms with Crippen LogP contribution in [0.2, 0.25) is 0 Å². The molecule has 3 N–H and O–H groups in total. The van der Waals surface area contributed by atoms with E-state index in [4.69, 9.17) is 24.7 Å². The molecule has 2 heterocycles. The molecule has 0 saturated heterocycles. The maximum atomic E-state index is 12.3. The standard InChI is InChI=1S/C17H16N2O7S/c1-23-11-6-9(7-12-14(11)25-4-3-24-12)17(22)26-8-13(20)19-16-10(15(18)21)2-5-27-16/h2,5-7H,3-4,8H2,1H3,(H2,18,21)(H,19,20). The third-order valence-electron chi connectivity index (χ3n) is 3.58. The number of hydrogen-bond donors (Lipinski definition) is 2. The number of thiophene rings is 1. The Labute approximate surface area is 158 Å². The molecule has 27 heavy (non-hydrogen) atoms. The zero-order valence-corrected chi connectivity index (χ0v) is 15.1. The summed E-state index contributed by atoms with van der Waals surface area (Å²) < 4.78 is 21.1. The van der Waals surface area contributed by atoms with Gasteiger partial charge in [-0.2, -0.15) is 0 Å². The Morgan fingerprint density at radius 2 is 2.04 bits per heavy atom. The number of nitrogens with one attached hydrogen (secondary N) is 1. The van der Waals surface area contributed by atoms with Crippen molar-refractivity contribution in [1.29, 1.82) is 0 Å². The normalized spacial score (nSPS) is 12.2. The molecule has 0 unspecified atom stereocenters. The Bertz CT molecular complexity index is 876. The van der Waals surface area contributed by atoms with E-state index >= 15 is 0 Å². The molecule has 1 aromatic heterocycles. The van der Waals surface area contributed by atoms with Crippen LogP contribution >= 0.6 is 11.3 Å². The predicted octanol–water partition coefficient (Wildman–Crippen LogP) is 1.42. The molecule has 2 aromatic rings. The Balaban J connectivity index is 1.64. The van der Waals surface area contributed by atoms with Gasteiger partial charge in [0, 0.05) is 0 Å². The first kappa shape index (κ1) is 18.5. The van der Waals surface area contributed by atoms with E-state index in [0.717, 1.165) is 11.3 Å². The number of primary amides is 1. The molecule has 1 aliphatic heterocycles. The predicted molar refractivity (Wildman–Crippen MR) is 95.7 cm³/mol. The highest BCUT2D eigenvalue weighted by Crippen LogP contribution is 2.40. The number of amides is 2. The largest absolute Gasteiger partial charge is 0.493 e. The van der Waals surface area contributed by atoms with Gasteiger partial charge in [-0.25, -0.2) is 4.79 Å². The lowest BCUT2D eigenvalue weighted by Gasteiger charge is -2.21. The zero-order valence-electron chi connectivity index (χ0n) is 14.3. The molecule has 142 valence electrons. The van der Waals surface area contributed by atoms with Gasteiger partial charge in [-0.15, -0.1) is 11.3 Å². The van der Waals surface area contributed by atoms with Crippen molar-refractivity contribution in [1.82, 2.24) is 0 Å². The zero-order chi connectivity index (χ0) is 19.4. The van der Waals surface area contributed by atoms with Crippen molar-refractivity contribution in [3.05, 3.63) is 34.7 Å². The van der Waals surface area contributed by atoms with Gasteiger partial charge >= 0.3 is 5.97 Å². The number of rotatable bonds is 6. The number of ether oxygens (including phenoxy) is 4. The Morgan fingerprint density at radius 1 is 1.26 bits per heavy atom. The molecule has 0 saturated carbocycles. The molecule has 2 amide bonds. The van der Waals surface area contributed by atoms with E-state index in [-0.39, 0.29) is 11.1 Å². The van der Waals surface area contributed by atoms with Crippen LogP contribution in [0.3, 0.4) is 0 Å². The molecule has 0 aliphatic carbocycles. The first-order chi connectivity index (χ1) is 13.0. The molecular formula is C17H16N2O7S. The smallest absolute Gasteiger partial charge is 0.338 e. The number of hydrogen-bond acceptors (Lipinski definition) is 8. The molecular weight excluding hydrogens is 376 g/mol. The first-order valence-electron chi connectivity index (χ1n) is 7.81.